The minimum atomic E-state index is -0.733. The largest absolute Gasteiger partial charge is 0.394 e. The van der Waals surface area contributed by atoms with Gasteiger partial charge in [0, 0.05) is 23.7 Å². The highest BCUT2D eigenvalue weighted by Crippen LogP contribution is 2.26. The molecule has 1 aromatic carbocycles. The Balaban J connectivity index is 2.08. The summed E-state index contributed by atoms with van der Waals surface area (Å²) in [5.74, 6) is 0. The molecule has 0 bridgehead atoms. The lowest BCUT2D eigenvalue weighted by Crippen LogP contribution is -2.25. The Bertz CT molecular complexity index is 479. The van der Waals surface area contributed by atoms with Gasteiger partial charge < -0.3 is 20.3 Å². The van der Waals surface area contributed by atoms with Crippen molar-refractivity contribution in [2.24, 2.45) is 0 Å². The predicted molar refractivity (Wildman–Crippen MR) is 67.8 cm³/mol. The molecule has 1 fully saturated rings. The van der Waals surface area contributed by atoms with Crippen LogP contribution in [0.2, 0.25) is 0 Å². The van der Waals surface area contributed by atoms with Gasteiger partial charge in [-0.05, 0) is 13.0 Å². The zero-order valence-corrected chi connectivity index (χ0v) is 10.4. The van der Waals surface area contributed by atoms with Crippen molar-refractivity contribution < 1.29 is 19.9 Å². The summed E-state index contributed by atoms with van der Waals surface area (Å²) in [6.07, 6.45) is -1.48. The third kappa shape index (κ3) is 3.01. The van der Waals surface area contributed by atoms with E-state index in [1.54, 1.807) is 19.1 Å². The van der Waals surface area contributed by atoms with E-state index in [0.29, 0.717) is 17.7 Å². The number of nitrogens with zero attached hydrogens (tertiary/aromatic N) is 1. The van der Waals surface area contributed by atoms with Crippen LogP contribution in [0.4, 0.5) is 11.4 Å². The van der Waals surface area contributed by atoms with Gasteiger partial charge in [-0.25, -0.2) is 0 Å². The Morgan fingerprint density at radius 1 is 1.58 bits per heavy atom. The molecule has 1 heterocycles. The van der Waals surface area contributed by atoms with E-state index < -0.39 is 23.4 Å². The monoisotopic (exact) mass is 268 g/mol. The molecular weight excluding hydrogens is 252 g/mol. The number of aliphatic hydroxyl groups is 2. The quantitative estimate of drug-likeness (QED) is 0.550. The van der Waals surface area contributed by atoms with Gasteiger partial charge in [0.15, 0.2) is 0 Å². The molecule has 7 heteroatoms. The molecule has 0 amide bonds. The van der Waals surface area contributed by atoms with E-state index in [4.69, 9.17) is 9.84 Å². The number of nitro groups is 1. The molecule has 19 heavy (non-hydrogen) atoms. The Kier molecular flexibility index (Phi) is 3.98. The first-order chi connectivity index (χ1) is 9.01. The van der Waals surface area contributed by atoms with Crippen LogP contribution in [0.25, 0.3) is 0 Å². The summed E-state index contributed by atoms with van der Waals surface area (Å²) in [5, 5.41) is 32.4. The maximum Gasteiger partial charge on any atom is 0.274 e. The van der Waals surface area contributed by atoms with Gasteiger partial charge >= 0.3 is 0 Å². The zero-order chi connectivity index (χ0) is 14.0. The fraction of sp³-hybridized carbons (Fsp3) is 0.500. The SMILES string of the molecule is Cc1ccc(N[C@@H]2C[C@@H](O)[C@@H](CO)O2)cc1[N+](=O)[O-]. The number of nitrogens with one attached hydrogen (secondary N) is 1. The van der Waals surface area contributed by atoms with E-state index in [0.717, 1.165) is 0 Å². The Labute approximate surface area is 110 Å². The van der Waals surface area contributed by atoms with Crippen LogP contribution in [0.1, 0.15) is 12.0 Å². The minimum absolute atomic E-state index is 0.0299. The molecule has 7 nitrogen and oxygen atoms in total. The van der Waals surface area contributed by atoms with Crippen LogP contribution in [0.15, 0.2) is 18.2 Å². The highest BCUT2D eigenvalue weighted by Gasteiger charge is 2.33. The number of anilines is 1. The van der Waals surface area contributed by atoms with E-state index >= 15 is 0 Å². The molecule has 0 saturated carbocycles. The molecular formula is C12H16N2O5. The molecule has 2 rings (SSSR count). The second kappa shape index (κ2) is 5.52. The smallest absolute Gasteiger partial charge is 0.274 e. The summed E-state index contributed by atoms with van der Waals surface area (Å²) >= 11 is 0. The molecule has 0 aliphatic carbocycles. The molecule has 3 N–H and O–H groups in total. The Hall–Kier alpha value is -1.70. The fourth-order valence-corrected chi connectivity index (χ4v) is 2.07. The van der Waals surface area contributed by atoms with E-state index in [1.807, 2.05) is 0 Å². The standard InChI is InChI=1S/C12H16N2O5/c1-7-2-3-8(4-9(7)14(17)18)13-12-5-10(16)11(6-15)19-12/h2-4,10-13,15-16H,5-6H2,1H3/t10-,11-,12+/m1/s1. The number of hydrogen-bond acceptors (Lipinski definition) is 6. The van der Waals surface area contributed by atoms with Crippen molar-refractivity contribution in [1.82, 2.24) is 0 Å². The summed E-state index contributed by atoms with van der Waals surface area (Å²) in [6.45, 7) is 1.41. The maximum atomic E-state index is 10.8. The van der Waals surface area contributed by atoms with Crippen LogP contribution in [-0.2, 0) is 4.74 Å². The predicted octanol–water partition coefficient (Wildman–Crippen LogP) is 0.783. The van der Waals surface area contributed by atoms with Gasteiger partial charge in [0.2, 0.25) is 0 Å². The zero-order valence-electron chi connectivity index (χ0n) is 10.4. The molecule has 0 radical (unpaired) electrons. The van der Waals surface area contributed by atoms with Gasteiger partial charge in [0.05, 0.1) is 17.6 Å². The average molecular weight is 268 g/mol. The third-order valence-electron chi connectivity index (χ3n) is 3.14. The fourth-order valence-electron chi connectivity index (χ4n) is 2.07. The van der Waals surface area contributed by atoms with E-state index in [1.165, 1.54) is 6.07 Å². The van der Waals surface area contributed by atoms with Crippen LogP contribution < -0.4 is 5.32 Å². The molecule has 0 spiro atoms. The first-order valence-corrected chi connectivity index (χ1v) is 5.97. The lowest BCUT2D eigenvalue weighted by atomic mass is 10.1. The van der Waals surface area contributed by atoms with Crippen LogP contribution in [0, 0.1) is 17.0 Å². The third-order valence-corrected chi connectivity index (χ3v) is 3.14. The maximum absolute atomic E-state index is 10.8. The average Bonchev–Trinajstić information content (AvgIpc) is 2.71. The Morgan fingerprint density at radius 2 is 2.32 bits per heavy atom. The van der Waals surface area contributed by atoms with Gasteiger partial charge in [-0.2, -0.15) is 0 Å². The highest BCUT2D eigenvalue weighted by molar-refractivity contribution is 5.55. The van der Waals surface area contributed by atoms with Crippen molar-refractivity contribution in [3.05, 3.63) is 33.9 Å². The second-order valence-corrected chi connectivity index (χ2v) is 4.55. The summed E-state index contributed by atoms with van der Waals surface area (Å²) in [7, 11) is 0. The van der Waals surface area contributed by atoms with Crippen LogP contribution in [-0.4, -0.2) is 40.2 Å². The number of benzene rings is 1. The van der Waals surface area contributed by atoms with E-state index in [2.05, 4.69) is 5.32 Å². The summed E-state index contributed by atoms with van der Waals surface area (Å²) in [4.78, 5) is 10.4. The highest BCUT2D eigenvalue weighted by atomic mass is 16.6. The number of hydrogen-bond donors (Lipinski definition) is 3. The van der Waals surface area contributed by atoms with E-state index in [-0.39, 0.29) is 12.3 Å². The van der Waals surface area contributed by atoms with Crippen molar-refractivity contribution in [2.45, 2.75) is 31.8 Å². The number of ether oxygens (including phenoxy) is 1. The van der Waals surface area contributed by atoms with E-state index in [9.17, 15) is 15.2 Å². The van der Waals surface area contributed by atoms with Crippen LogP contribution >= 0.6 is 0 Å². The van der Waals surface area contributed by atoms with Gasteiger partial charge in [-0.1, -0.05) is 6.07 Å². The molecule has 3 atom stereocenters. The van der Waals surface area contributed by atoms with Crippen LogP contribution in [0.5, 0.6) is 0 Å². The molecule has 1 aliphatic rings. The lowest BCUT2D eigenvalue weighted by molar-refractivity contribution is -0.385. The minimum Gasteiger partial charge on any atom is -0.394 e. The Morgan fingerprint density at radius 3 is 2.89 bits per heavy atom. The molecule has 0 aromatic heterocycles. The van der Waals surface area contributed by atoms with Crippen molar-refractivity contribution >= 4 is 11.4 Å². The van der Waals surface area contributed by atoms with Crippen molar-refractivity contribution in [3.8, 4) is 0 Å². The summed E-state index contributed by atoms with van der Waals surface area (Å²) < 4.78 is 5.38. The number of aliphatic hydroxyl groups excluding tert-OH is 2. The summed E-state index contributed by atoms with van der Waals surface area (Å²) in [6, 6.07) is 4.79. The van der Waals surface area contributed by atoms with Gasteiger partial charge in [-0.3, -0.25) is 10.1 Å². The first-order valence-electron chi connectivity index (χ1n) is 5.97. The van der Waals surface area contributed by atoms with Crippen LogP contribution in [0.3, 0.4) is 0 Å². The van der Waals surface area contributed by atoms with Gasteiger partial charge in [0.1, 0.15) is 12.3 Å². The van der Waals surface area contributed by atoms with Gasteiger partial charge in [-0.15, -0.1) is 0 Å². The topological polar surface area (TPSA) is 105 Å². The molecule has 1 aromatic rings. The molecule has 1 aliphatic heterocycles. The molecule has 1 saturated heterocycles. The summed E-state index contributed by atoms with van der Waals surface area (Å²) in [5.41, 5.74) is 1.16. The van der Waals surface area contributed by atoms with Crippen molar-refractivity contribution in [3.63, 3.8) is 0 Å². The van der Waals surface area contributed by atoms with Crippen molar-refractivity contribution in [2.75, 3.05) is 11.9 Å². The lowest BCUT2D eigenvalue weighted by Gasteiger charge is -2.15. The molecule has 104 valence electrons. The second-order valence-electron chi connectivity index (χ2n) is 4.55. The molecule has 0 unspecified atom stereocenters. The number of rotatable bonds is 4. The number of aryl methyl sites for hydroxylation is 1. The number of nitro benzene ring substituents is 1. The first kappa shape index (κ1) is 13.7. The normalized spacial score (nSPS) is 26.4. The van der Waals surface area contributed by atoms with Gasteiger partial charge in [0.25, 0.3) is 5.69 Å². The van der Waals surface area contributed by atoms with Crippen molar-refractivity contribution in [1.29, 1.82) is 0 Å².